The zero-order chi connectivity index (χ0) is 19.2. The Morgan fingerprint density at radius 1 is 1.11 bits per heavy atom. The van der Waals surface area contributed by atoms with Gasteiger partial charge in [0.15, 0.2) is 11.5 Å². The molecule has 7 nitrogen and oxygen atoms in total. The molecule has 27 heavy (non-hydrogen) atoms. The fraction of sp³-hybridized carbons (Fsp3) is 0.105. The minimum absolute atomic E-state index is 0.235. The van der Waals surface area contributed by atoms with Crippen molar-refractivity contribution in [3.05, 3.63) is 65.6 Å². The summed E-state index contributed by atoms with van der Waals surface area (Å²) in [7, 11) is 3.09. The van der Waals surface area contributed by atoms with Gasteiger partial charge in [-0.25, -0.2) is 9.82 Å². The van der Waals surface area contributed by atoms with Crippen molar-refractivity contribution in [1.29, 1.82) is 0 Å². The fourth-order valence-electron chi connectivity index (χ4n) is 2.37. The zero-order valence-electron chi connectivity index (χ0n) is 14.7. The minimum atomic E-state index is -0.451. The van der Waals surface area contributed by atoms with Crippen LogP contribution in [0.25, 0.3) is 11.3 Å². The van der Waals surface area contributed by atoms with E-state index in [-0.39, 0.29) is 11.5 Å². The summed E-state index contributed by atoms with van der Waals surface area (Å²) >= 11 is 0. The SMILES string of the molecule is COc1ccc(/C=N/NC(=O)c2cc(-c3ccc(F)cc3)n[nH]2)cc1OC. The maximum Gasteiger partial charge on any atom is 0.289 e. The molecule has 0 fully saturated rings. The molecule has 1 amide bonds. The highest BCUT2D eigenvalue weighted by Gasteiger charge is 2.10. The van der Waals surface area contributed by atoms with Crippen LogP contribution in [0.2, 0.25) is 0 Å². The Kier molecular flexibility index (Phi) is 5.46. The van der Waals surface area contributed by atoms with Gasteiger partial charge in [-0.2, -0.15) is 10.2 Å². The summed E-state index contributed by atoms with van der Waals surface area (Å²) in [5.41, 5.74) is 4.60. The number of carbonyl (C=O) groups is 1. The fourth-order valence-corrected chi connectivity index (χ4v) is 2.37. The van der Waals surface area contributed by atoms with Crippen molar-refractivity contribution in [2.75, 3.05) is 14.2 Å². The molecule has 0 saturated carbocycles. The number of methoxy groups -OCH3 is 2. The third-order valence-electron chi connectivity index (χ3n) is 3.75. The van der Waals surface area contributed by atoms with Gasteiger partial charge in [0, 0.05) is 5.56 Å². The molecule has 1 aromatic heterocycles. The Balaban J connectivity index is 1.66. The third kappa shape index (κ3) is 4.30. The first-order valence-corrected chi connectivity index (χ1v) is 7.97. The monoisotopic (exact) mass is 368 g/mol. The number of nitrogens with one attached hydrogen (secondary N) is 2. The number of carbonyl (C=O) groups excluding carboxylic acids is 1. The van der Waals surface area contributed by atoms with Crippen molar-refractivity contribution in [2.45, 2.75) is 0 Å². The minimum Gasteiger partial charge on any atom is -0.493 e. The topological polar surface area (TPSA) is 88.6 Å². The normalized spacial score (nSPS) is 10.8. The van der Waals surface area contributed by atoms with Gasteiger partial charge in [-0.15, -0.1) is 0 Å². The molecule has 3 aromatic rings. The van der Waals surface area contributed by atoms with Crippen molar-refractivity contribution in [1.82, 2.24) is 15.6 Å². The van der Waals surface area contributed by atoms with Crippen LogP contribution in [0.3, 0.4) is 0 Å². The number of hydrogen-bond donors (Lipinski definition) is 2. The van der Waals surface area contributed by atoms with Gasteiger partial charge >= 0.3 is 0 Å². The van der Waals surface area contributed by atoms with Gasteiger partial charge in [-0.3, -0.25) is 9.89 Å². The van der Waals surface area contributed by atoms with E-state index in [0.717, 1.165) is 5.56 Å². The molecule has 0 unspecified atom stereocenters. The lowest BCUT2D eigenvalue weighted by atomic mass is 10.1. The lowest BCUT2D eigenvalue weighted by molar-refractivity contribution is 0.0950. The molecule has 0 saturated heterocycles. The van der Waals surface area contributed by atoms with E-state index < -0.39 is 5.91 Å². The van der Waals surface area contributed by atoms with E-state index in [2.05, 4.69) is 20.7 Å². The molecule has 138 valence electrons. The van der Waals surface area contributed by atoms with Crippen molar-refractivity contribution in [3.8, 4) is 22.8 Å². The number of benzene rings is 2. The number of halogens is 1. The maximum atomic E-state index is 13.0. The zero-order valence-corrected chi connectivity index (χ0v) is 14.7. The van der Waals surface area contributed by atoms with Crippen molar-refractivity contribution < 1.29 is 18.7 Å². The van der Waals surface area contributed by atoms with E-state index in [1.54, 1.807) is 43.5 Å². The summed E-state index contributed by atoms with van der Waals surface area (Å²) in [6, 6.07) is 12.6. The molecule has 2 N–H and O–H groups in total. The molecule has 0 atom stereocenters. The van der Waals surface area contributed by atoms with Crippen LogP contribution in [0.4, 0.5) is 4.39 Å². The molecule has 0 aliphatic rings. The van der Waals surface area contributed by atoms with E-state index in [4.69, 9.17) is 9.47 Å². The summed E-state index contributed by atoms with van der Waals surface area (Å²) in [5.74, 6) is 0.374. The second-order valence-corrected chi connectivity index (χ2v) is 5.49. The third-order valence-corrected chi connectivity index (χ3v) is 3.75. The first kappa shape index (κ1) is 18.1. The van der Waals surface area contributed by atoms with Gasteiger partial charge in [0.25, 0.3) is 5.91 Å². The average molecular weight is 368 g/mol. The molecule has 2 aromatic carbocycles. The molecule has 1 heterocycles. The molecule has 0 bridgehead atoms. The van der Waals surface area contributed by atoms with Crippen LogP contribution >= 0.6 is 0 Å². The molecule has 3 rings (SSSR count). The molecular formula is C19H17FN4O3. The second kappa shape index (κ2) is 8.13. The van der Waals surface area contributed by atoms with Gasteiger partial charge < -0.3 is 9.47 Å². The summed E-state index contributed by atoms with van der Waals surface area (Å²) < 4.78 is 23.4. The second-order valence-electron chi connectivity index (χ2n) is 5.49. The van der Waals surface area contributed by atoms with Crippen LogP contribution in [-0.2, 0) is 0 Å². The number of amides is 1. The average Bonchev–Trinajstić information content (AvgIpc) is 3.18. The molecular weight excluding hydrogens is 351 g/mol. The van der Waals surface area contributed by atoms with Gasteiger partial charge in [-0.1, -0.05) is 0 Å². The highest BCUT2D eigenvalue weighted by atomic mass is 19.1. The van der Waals surface area contributed by atoms with Gasteiger partial charge in [-0.05, 0) is 54.1 Å². The van der Waals surface area contributed by atoms with E-state index >= 15 is 0 Å². The number of ether oxygens (including phenoxy) is 2. The van der Waals surface area contributed by atoms with Crippen LogP contribution < -0.4 is 14.9 Å². The molecule has 8 heteroatoms. The number of rotatable bonds is 6. The Morgan fingerprint density at radius 3 is 2.56 bits per heavy atom. The van der Waals surface area contributed by atoms with Crippen LogP contribution in [0, 0.1) is 5.82 Å². The van der Waals surface area contributed by atoms with E-state index in [1.165, 1.54) is 25.5 Å². The van der Waals surface area contributed by atoms with Gasteiger partial charge in [0.2, 0.25) is 0 Å². The molecule has 0 aliphatic heterocycles. The van der Waals surface area contributed by atoms with Crippen molar-refractivity contribution >= 4 is 12.1 Å². The van der Waals surface area contributed by atoms with Crippen molar-refractivity contribution in [3.63, 3.8) is 0 Å². The number of hydrazone groups is 1. The molecule has 0 radical (unpaired) electrons. The number of nitrogens with zero attached hydrogens (tertiary/aromatic N) is 2. The number of aromatic amines is 1. The highest BCUT2D eigenvalue weighted by Crippen LogP contribution is 2.26. The number of H-pyrrole nitrogens is 1. The Labute approximate surface area is 154 Å². The standard InChI is InChI=1S/C19H17FN4O3/c1-26-17-8-3-12(9-18(17)27-2)11-21-24-19(25)16-10-15(22-23-16)13-4-6-14(20)7-5-13/h3-11H,1-2H3,(H,22,23)(H,24,25)/b21-11+. The van der Waals surface area contributed by atoms with Crippen LogP contribution in [0.15, 0.2) is 53.6 Å². The maximum absolute atomic E-state index is 13.0. The summed E-state index contributed by atoms with van der Waals surface area (Å²) in [4.78, 5) is 12.2. The summed E-state index contributed by atoms with van der Waals surface area (Å²) in [6.07, 6.45) is 1.48. The van der Waals surface area contributed by atoms with Crippen LogP contribution in [0.5, 0.6) is 11.5 Å². The first-order chi connectivity index (χ1) is 13.1. The van der Waals surface area contributed by atoms with Crippen molar-refractivity contribution in [2.24, 2.45) is 5.10 Å². The first-order valence-electron chi connectivity index (χ1n) is 7.97. The predicted molar refractivity (Wildman–Crippen MR) is 98.6 cm³/mol. The smallest absolute Gasteiger partial charge is 0.289 e. The Bertz CT molecular complexity index is 967. The van der Waals surface area contributed by atoms with Gasteiger partial charge in [0.05, 0.1) is 26.1 Å². The van der Waals surface area contributed by atoms with E-state index in [9.17, 15) is 9.18 Å². The Hall–Kier alpha value is -3.68. The molecule has 0 aliphatic carbocycles. The molecule has 0 spiro atoms. The summed E-state index contributed by atoms with van der Waals surface area (Å²) in [5, 5.41) is 10.6. The van der Waals surface area contributed by atoms with Crippen LogP contribution in [-0.4, -0.2) is 36.5 Å². The Morgan fingerprint density at radius 2 is 1.85 bits per heavy atom. The summed E-state index contributed by atoms with van der Waals surface area (Å²) in [6.45, 7) is 0. The number of hydrogen-bond acceptors (Lipinski definition) is 5. The number of aromatic nitrogens is 2. The predicted octanol–water partition coefficient (Wildman–Crippen LogP) is 3.00. The largest absolute Gasteiger partial charge is 0.493 e. The van der Waals surface area contributed by atoms with E-state index in [0.29, 0.717) is 22.8 Å². The van der Waals surface area contributed by atoms with Gasteiger partial charge in [0.1, 0.15) is 11.5 Å². The highest BCUT2D eigenvalue weighted by molar-refractivity contribution is 5.94. The lowest BCUT2D eigenvalue weighted by Gasteiger charge is -2.07. The lowest BCUT2D eigenvalue weighted by Crippen LogP contribution is -2.18. The van der Waals surface area contributed by atoms with E-state index in [1.807, 2.05) is 0 Å². The van der Waals surface area contributed by atoms with Crippen LogP contribution in [0.1, 0.15) is 16.1 Å². The quantitative estimate of drug-likeness (QED) is 0.517.